The maximum absolute atomic E-state index is 6.22. The summed E-state index contributed by atoms with van der Waals surface area (Å²) < 4.78 is 0. The first kappa shape index (κ1) is 9.91. The number of aryl methyl sites for hydroxylation is 2. The second-order valence-corrected chi connectivity index (χ2v) is 4.80. The molecule has 2 aromatic rings. The molecule has 0 fully saturated rings. The van der Waals surface area contributed by atoms with E-state index in [1.165, 1.54) is 5.56 Å². The Morgan fingerprint density at radius 1 is 1.31 bits per heavy atom. The summed E-state index contributed by atoms with van der Waals surface area (Å²) >= 11 is 6.22. The van der Waals surface area contributed by atoms with Crippen LogP contribution in [0.2, 0.25) is 5.02 Å². The van der Waals surface area contributed by atoms with Gasteiger partial charge in [0.25, 0.3) is 0 Å². The predicted molar refractivity (Wildman–Crippen MR) is 67.9 cm³/mol. The zero-order valence-electron chi connectivity index (χ0n) is 9.18. The van der Waals surface area contributed by atoms with Crippen LogP contribution in [-0.4, -0.2) is 4.98 Å². The lowest BCUT2D eigenvalue weighted by molar-refractivity contribution is 0.901. The third kappa shape index (κ3) is 1.23. The van der Waals surface area contributed by atoms with Crippen molar-refractivity contribution in [3.8, 4) is 0 Å². The molecule has 3 heteroatoms. The molecule has 0 bridgehead atoms. The molecule has 2 N–H and O–H groups in total. The summed E-state index contributed by atoms with van der Waals surface area (Å²) in [4.78, 5) is 4.71. The number of nitrogen functional groups attached to an aromatic ring is 1. The second-order valence-electron chi connectivity index (χ2n) is 4.39. The largest absolute Gasteiger partial charge is 0.398 e. The number of fused-ring (bicyclic) bond motifs is 2. The number of pyridine rings is 1. The van der Waals surface area contributed by atoms with Gasteiger partial charge < -0.3 is 5.73 Å². The van der Waals surface area contributed by atoms with Crippen LogP contribution in [0.4, 0.5) is 5.69 Å². The molecule has 1 aliphatic rings. The van der Waals surface area contributed by atoms with E-state index in [1.807, 2.05) is 19.1 Å². The van der Waals surface area contributed by atoms with Crippen LogP contribution < -0.4 is 5.73 Å². The van der Waals surface area contributed by atoms with E-state index in [-0.39, 0.29) is 0 Å². The third-order valence-electron chi connectivity index (χ3n) is 3.36. The van der Waals surface area contributed by atoms with Crippen molar-refractivity contribution in [2.45, 2.75) is 26.2 Å². The van der Waals surface area contributed by atoms with Crippen molar-refractivity contribution in [2.75, 3.05) is 5.73 Å². The molecule has 0 amide bonds. The highest BCUT2D eigenvalue weighted by Gasteiger charge is 2.19. The molecule has 82 valence electrons. The van der Waals surface area contributed by atoms with Crippen molar-refractivity contribution < 1.29 is 0 Å². The number of nitrogens with zero attached hydrogens (tertiary/aromatic N) is 1. The fourth-order valence-electron chi connectivity index (χ4n) is 2.50. The molecule has 1 aromatic carbocycles. The maximum Gasteiger partial charge on any atom is 0.0770 e. The standard InChI is InChI=1S/C13H13ClN2/c1-7-5-6-9(14)11-12(15)8-3-2-4-10(8)16-13(7)11/h5-6H,2-4H2,1H3,(H2,15,16). The molecule has 1 heterocycles. The number of hydrogen-bond donors (Lipinski definition) is 1. The summed E-state index contributed by atoms with van der Waals surface area (Å²) in [5, 5.41) is 1.64. The summed E-state index contributed by atoms with van der Waals surface area (Å²) in [6.45, 7) is 2.05. The van der Waals surface area contributed by atoms with Gasteiger partial charge in [-0.2, -0.15) is 0 Å². The van der Waals surface area contributed by atoms with E-state index in [4.69, 9.17) is 22.3 Å². The van der Waals surface area contributed by atoms with Crippen molar-refractivity contribution >= 4 is 28.2 Å². The van der Waals surface area contributed by atoms with Crippen molar-refractivity contribution in [2.24, 2.45) is 0 Å². The smallest absolute Gasteiger partial charge is 0.0770 e. The summed E-state index contributed by atoms with van der Waals surface area (Å²) in [7, 11) is 0. The molecular formula is C13H13ClN2. The summed E-state index contributed by atoms with van der Waals surface area (Å²) in [6.07, 6.45) is 3.23. The van der Waals surface area contributed by atoms with E-state index in [1.54, 1.807) is 0 Å². The lowest BCUT2D eigenvalue weighted by atomic mass is 10.0. The van der Waals surface area contributed by atoms with Gasteiger partial charge in [-0.15, -0.1) is 0 Å². The minimum absolute atomic E-state index is 0.709. The Hall–Kier alpha value is -1.28. The van der Waals surface area contributed by atoms with Crippen LogP contribution in [0.5, 0.6) is 0 Å². The normalized spacial score (nSPS) is 14.4. The fourth-order valence-corrected chi connectivity index (χ4v) is 2.75. The van der Waals surface area contributed by atoms with E-state index in [9.17, 15) is 0 Å². The van der Waals surface area contributed by atoms with Gasteiger partial charge in [0.2, 0.25) is 0 Å². The van der Waals surface area contributed by atoms with Crippen LogP contribution in [0.1, 0.15) is 23.2 Å². The van der Waals surface area contributed by atoms with E-state index < -0.39 is 0 Å². The monoisotopic (exact) mass is 232 g/mol. The van der Waals surface area contributed by atoms with Gasteiger partial charge in [0.05, 0.1) is 10.5 Å². The quantitative estimate of drug-likeness (QED) is 0.757. The average molecular weight is 233 g/mol. The Morgan fingerprint density at radius 2 is 2.12 bits per heavy atom. The van der Waals surface area contributed by atoms with Gasteiger partial charge in [-0.1, -0.05) is 17.7 Å². The van der Waals surface area contributed by atoms with Gasteiger partial charge in [-0.05, 0) is 43.4 Å². The number of hydrogen-bond acceptors (Lipinski definition) is 2. The number of benzene rings is 1. The number of halogens is 1. The molecule has 3 rings (SSSR count). The molecule has 0 spiro atoms. The van der Waals surface area contributed by atoms with Gasteiger partial charge in [-0.3, -0.25) is 4.98 Å². The van der Waals surface area contributed by atoms with Crippen molar-refractivity contribution in [1.82, 2.24) is 4.98 Å². The Bertz CT molecular complexity index is 590. The van der Waals surface area contributed by atoms with Gasteiger partial charge in [-0.25, -0.2) is 0 Å². The molecular weight excluding hydrogens is 220 g/mol. The van der Waals surface area contributed by atoms with Crippen molar-refractivity contribution in [3.05, 3.63) is 34.0 Å². The van der Waals surface area contributed by atoms with Crippen LogP contribution in [0.3, 0.4) is 0 Å². The number of rotatable bonds is 0. The van der Waals surface area contributed by atoms with Gasteiger partial charge >= 0.3 is 0 Å². The molecule has 1 aliphatic carbocycles. The first-order chi connectivity index (χ1) is 7.68. The van der Waals surface area contributed by atoms with E-state index in [2.05, 4.69) is 0 Å². The minimum atomic E-state index is 0.709. The first-order valence-electron chi connectivity index (χ1n) is 5.54. The molecule has 2 nitrogen and oxygen atoms in total. The van der Waals surface area contributed by atoms with Crippen LogP contribution in [0.25, 0.3) is 10.9 Å². The van der Waals surface area contributed by atoms with Gasteiger partial charge in [0.15, 0.2) is 0 Å². The lowest BCUT2D eigenvalue weighted by Gasteiger charge is -2.11. The van der Waals surface area contributed by atoms with E-state index in [0.717, 1.165) is 47.1 Å². The molecule has 0 aliphatic heterocycles. The molecule has 0 radical (unpaired) electrons. The zero-order valence-corrected chi connectivity index (χ0v) is 9.93. The third-order valence-corrected chi connectivity index (χ3v) is 3.67. The highest BCUT2D eigenvalue weighted by atomic mass is 35.5. The molecule has 0 atom stereocenters. The van der Waals surface area contributed by atoms with Gasteiger partial charge in [0, 0.05) is 16.8 Å². The minimum Gasteiger partial charge on any atom is -0.398 e. The fraction of sp³-hybridized carbons (Fsp3) is 0.308. The Labute approximate surface area is 99.4 Å². The summed E-state index contributed by atoms with van der Waals surface area (Å²) in [6, 6.07) is 3.90. The lowest BCUT2D eigenvalue weighted by Crippen LogP contribution is -2.00. The molecule has 0 saturated heterocycles. The van der Waals surface area contributed by atoms with E-state index in [0.29, 0.717) is 5.02 Å². The number of nitrogens with two attached hydrogens (primary N) is 1. The van der Waals surface area contributed by atoms with Crippen LogP contribution >= 0.6 is 11.6 Å². The SMILES string of the molecule is Cc1ccc(Cl)c2c(N)c3c(nc12)CCC3. The predicted octanol–water partition coefficient (Wildman–Crippen LogP) is 3.27. The highest BCUT2D eigenvalue weighted by Crippen LogP contribution is 2.36. The first-order valence-corrected chi connectivity index (χ1v) is 5.92. The molecule has 0 saturated carbocycles. The van der Waals surface area contributed by atoms with Crippen LogP contribution in [-0.2, 0) is 12.8 Å². The summed E-state index contributed by atoms with van der Waals surface area (Å²) in [5.74, 6) is 0. The highest BCUT2D eigenvalue weighted by molar-refractivity contribution is 6.36. The Kier molecular flexibility index (Phi) is 2.08. The van der Waals surface area contributed by atoms with Crippen LogP contribution in [0, 0.1) is 6.92 Å². The average Bonchev–Trinajstić information content (AvgIpc) is 2.72. The topological polar surface area (TPSA) is 38.9 Å². The van der Waals surface area contributed by atoms with Gasteiger partial charge in [0.1, 0.15) is 0 Å². The molecule has 1 aromatic heterocycles. The van der Waals surface area contributed by atoms with E-state index >= 15 is 0 Å². The number of aromatic nitrogens is 1. The zero-order chi connectivity index (χ0) is 11.3. The Morgan fingerprint density at radius 3 is 2.94 bits per heavy atom. The Balaban J connectivity index is 2.50. The number of anilines is 1. The second kappa shape index (κ2) is 3.36. The molecule has 0 unspecified atom stereocenters. The van der Waals surface area contributed by atoms with Crippen molar-refractivity contribution in [1.29, 1.82) is 0 Å². The van der Waals surface area contributed by atoms with Crippen molar-refractivity contribution in [3.63, 3.8) is 0 Å². The molecule has 16 heavy (non-hydrogen) atoms. The summed E-state index contributed by atoms with van der Waals surface area (Å²) in [5.41, 5.74) is 11.5. The maximum atomic E-state index is 6.22. The van der Waals surface area contributed by atoms with Crippen LogP contribution in [0.15, 0.2) is 12.1 Å².